The van der Waals surface area contributed by atoms with Crippen LogP contribution in [0.2, 0.25) is 0 Å². The van der Waals surface area contributed by atoms with Gasteiger partial charge in [0, 0.05) is 17.6 Å². The molecule has 4 nitrogen and oxygen atoms in total. The molecule has 1 N–H and O–H groups in total. The van der Waals surface area contributed by atoms with E-state index in [1.807, 2.05) is 36.1 Å². The second kappa shape index (κ2) is 4.80. The number of benzene rings is 1. The monoisotopic (exact) mass is 283 g/mol. The van der Waals surface area contributed by atoms with E-state index in [-0.39, 0.29) is 5.41 Å². The normalized spacial score (nSPS) is 19.3. The van der Waals surface area contributed by atoms with Crippen molar-refractivity contribution in [1.29, 1.82) is 0 Å². The van der Waals surface area contributed by atoms with Gasteiger partial charge in [0.05, 0.1) is 0 Å². The summed E-state index contributed by atoms with van der Waals surface area (Å²) in [6, 6.07) is 7.83. The topological polar surface area (TPSA) is 57.6 Å². The van der Waals surface area contributed by atoms with Crippen molar-refractivity contribution in [2.45, 2.75) is 44.4 Å². The number of fused-ring (bicyclic) bond motifs is 1. The Morgan fingerprint density at radius 3 is 2.58 bits per heavy atom. The van der Waals surface area contributed by atoms with Gasteiger partial charge in [0.15, 0.2) is 5.37 Å². The summed E-state index contributed by atoms with van der Waals surface area (Å²) in [6.07, 6.45) is 1.15. The van der Waals surface area contributed by atoms with Crippen molar-refractivity contribution in [3.8, 4) is 0 Å². The molecule has 2 rings (SSSR count). The van der Waals surface area contributed by atoms with Gasteiger partial charge in [0.2, 0.25) is 0 Å². The van der Waals surface area contributed by atoms with Gasteiger partial charge in [-0.05, 0) is 18.1 Å². The third-order valence-corrected chi connectivity index (χ3v) is 4.91. The first kappa shape index (κ1) is 14.3. The van der Waals surface area contributed by atoms with Gasteiger partial charge in [-0.1, -0.05) is 45.4 Å². The fourth-order valence-electron chi connectivity index (χ4n) is 2.86. The van der Waals surface area contributed by atoms with Crippen LogP contribution in [-0.4, -0.2) is 24.9 Å². The molecule has 1 aromatic rings. The third-order valence-electron chi connectivity index (χ3n) is 3.74. The van der Waals surface area contributed by atoms with Crippen molar-refractivity contribution in [3.05, 3.63) is 29.8 Å². The predicted molar refractivity (Wildman–Crippen MR) is 77.1 cm³/mol. The van der Waals surface area contributed by atoms with Crippen LogP contribution in [0.5, 0.6) is 0 Å². The van der Waals surface area contributed by atoms with Gasteiger partial charge >= 0.3 is 0 Å². The van der Waals surface area contributed by atoms with Crippen LogP contribution < -0.4 is 4.90 Å². The third kappa shape index (κ3) is 2.62. The summed E-state index contributed by atoms with van der Waals surface area (Å²) in [5.41, 5.74) is 1.95. The van der Waals surface area contributed by atoms with Crippen LogP contribution in [-0.2, 0) is 15.5 Å². The number of hydrogen-bond acceptors (Lipinski definition) is 3. The van der Waals surface area contributed by atoms with E-state index < -0.39 is 15.5 Å². The SMILES string of the molecule is CCCC(N1CC(C)(C)c2ccccc21)S(=O)(=O)O. The Balaban J connectivity index is 2.47. The van der Waals surface area contributed by atoms with Gasteiger partial charge in [0.1, 0.15) is 0 Å². The number of hydrogen-bond donors (Lipinski definition) is 1. The Kier molecular flexibility index (Phi) is 3.62. The Morgan fingerprint density at radius 2 is 2.00 bits per heavy atom. The van der Waals surface area contributed by atoms with Crippen LogP contribution in [0.15, 0.2) is 24.3 Å². The molecule has 0 bridgehead atoms. The number of anilines is 1. The van der Waals surface area contributed by atoms with E-state index in [0.29, 0.717) is 19.4 Å². The zero-order valence-electron chi connectivity index (χ0n) is 11.6. The van der Waals surface area contributed by atoms with E-state index in [4.69, 9.17) is 0 Å². The van der Waals surface area contributed by atoms with E-state index in [1.165, 1.54) is 0 Å². The summed E-state index contributed by atoms with van der Waals surface area (Å²) in [7, 11) is -4.08. The largest absolute Gasteiger partial charge is 0.352 e. The maximum atomic E-state index is 11.6. The molecular weight excluding hydrogens is 262 g/mol. The molecule has 1 aromatic carbocycles. The van der Waals surface area contributed by atoms with Gasteiger partial charge in [-0.3, -0.25) is 4.55 Å². The molecular formula is C14H21NO3S. The van der Waals surface area contributed by atoms with Crippen molar-refractivity contribution in [2.24, 2.45) is 0 Å². The van der Waals surface area contributed by atoms with Crippen molar-refractivity contribution < 1.29 is 13.0 Å². The Labute approximate surface area is 115 Å². The molecule has 0 spiro atoms. The molecule has 1 atom stereocenters. The molecule has 0 radical (unpaired) electrons. The molecule has 19 heavy (non-hydrogen) atoms. The molecule has 0 fully saturated rings. The maximum Gasteiger partial charge on any atom is 0.286 e. The molecule has 0 aromatic heterocycles. The van der Waals surface area contributed by atoms with Gasteiger partial charge < -0.3 is 4.90 Å². The summed E-state index contributed by atoms with van der Waals surface area (Å²) >= 11 is 0. The van der Waals surface area contributed by atoms with Gasteiger partial charge in [-0.2, -0.15) is 8.42 Å². The van der Waals surface area contributed by atoms with E-state index >= 15 is 0 Å². The van der Waals surface area contributed by atoms with Crippen molar-refractivity contribution >= 4 is 15.8 Å². The molecule has 1 aliphatic heterocycles. The van der Waals surface area contributed by atoms with Gasteiger partial charge in [-0.25, -0.2) is 0 Å². The molecule has 0 saturated carbocycles. The molecule has 1 heterocycles. The zero-order valence-corrected chi connectivity index (χ0v) is 12.4. The molecule has 0 saturated heterocycles. The second-order valence-corrected chi connectivity index (χ2v) is 7.36. The Morgan fingerprint density at radius 1 is 1.37 bits per heavy atom. The number of rotatable bonds is 4. The minimum Gasteiger partial charge on any atom is -0.352 e. The van der Waals surface area contributed by atoms with Crippen molar-refractivity contribution in [2.75, 3.05) is 11.4 Å². The van der Waals surface area contributed by atoms with E-state index in [1.54, 1.807) is 0 Å². The summed E-state index contributed by atoms with van der Waals surface area (Å²) in [5.74, 6) is 0. The second-order valence-electron chi connectivity index (χ2n) is 5.79. The highest BCUT2D eigenvalue weighted by molar-refractivity contribution is 7.86. The summed E-state index contributed by atoms with van der Waals surface area (Å²) in [6.45, 7) is 6.72. The average molecular weight is 283 g/mol. The zero-order chi connectivity index (χ0) is 14.3. The summed E-state index contributed by atoms with van der Waals surface area (Å²) in [4.78, 5) is 1.83. The molecule has 1 unspecified atom stereocenters. The average Bonchev–Trinajstić information content (AvgIpc) is 2.58. The maximum absolute atomic E-state index is 11.6. The Bertz CT molecular complexity index is 566. The Hall–Kier alpha value is -1.07. The van der Waals surface area contributed by atoms with Crippen molar-refractivity contribution in [3.63, 3.8) is 0 Å². The van der Waals surface area contributed by atoms with Crippen LogP contribution in [0.1, 0.15) is 39.2 Å². The number of para-hydroxylation sites is 1. The van der Waals surface area contributed by atoms with Crippen LogP contribution >= 0.6 is 0 Å². The predicted octanol–water partition coefficient (Wildman–Crippen LogP) is 2.80. The van der Waals surface area contributed by atoms with Gasteiger partial charge in [-0.15, -0.1) is 0 Å². The standard InChI is InChI=1S/C14H21NO3S/c1-4-7-13(19(16,17)18)15-10-14(2,3)11-8-5-6-9-12(11)15/h5-6,8-9,13H,4,7,10H2,1-3H3,(H,16,17,18). The van der Waals surface area contributed by atoms with E-state index in [2.05, 4.69) is 13.8 Å². The lowest BCUT2D eigenvalue weighted by Gasteiger charge is -2.29. The van der Waals surface area contributed by atoms with Gasteiger partial charge in [0.25, 0.3) is 10.1 Å². The molecule has 0 aliphatic carbocycles. The van der Waals surface area contributed by atoms with Crippen molar-refractivity contribution in [1.82, 2.24) is 0 Å². The van der Waals surface area contributed by atoms with E-state index in [9.17, 15) is 13.0 Å². The van der Waals surface area contributed by atoms with Crippen LogP contribution in [0.3, 0.4) is 0 Å². The highest BCUT2D eigenvalue weighted by Gasteiger charge is 2.41. The lowest BCUT2D eigenvalue weighted by molar-refractivity contribution is 0.448. The quantitative estimate of drug-likeness (QED) is 0.863. The lowest BCUT2D eigenvalue weighted by Crippen LogP contribution is -2.42. The highest BCUT2D eigenvalue weighted by atomic mass is 32.2. The number of nitrogens with zero attached hydrogens (tertiary/aromatic N) is 1. The molecule has 5 heteroatoms. The molecule has 1 aliphatic rings. The fraction of sp³-hybridized carbons (Fsp3) is 0.571. The summed E-state index contributed by atoms with van der Waals surface area (Å²) < 4.78 is 32.8. The first-order valence-corrected chi connectivity index (χ1v) is 8.10. The first-order valence-electron chi connectivity index (χ1n) is 6.60. The fourth-order valence-corrected chi connectivity index (χ4v) is 3.91. The molecule has 0 amide bonds. The molecule has 106 valence electrons. The van der Waals surface area contributed by atoms with E-state index in [0.717, 1.165) is 11.3 Å². The lowest BCUT2D eigenvalue weighted by atomic mass is 9.87. The minimum absolute atomic E-state index is 0.104. The van der Waals surface area contributed by atoms with Crippen LogP contribution in [0.4, 0.5) is 5.69 Å². The smallest absolute Gasteiger partial charge is 0.286 e. The van der Waals surface area contributed by atoms with Crippen LogP contribution in [0.25, 0.3) is 0 Å². The first-order chi connectivity index (χ1) is 8.77. The highest BCUT2D eigenvalue weighted by Crippen LogP contribution is 2.42. The van der Waals surface area contributed by atoms with Crippen LogP contribution in [0, 0.1) is 0 Å². The minimum atomic E-state index is -4.08. The summed E-state index contributed by atoms with van der Waals surface area (Å²) in [5, 5.41) is -0.847.